The van der Waals surface area contributed by atoms with Gasteiger partial charge in [-0.15, -0.1) is 0 Å². The van der Waals surface area contributed by atoms with E-state index < -0.39 is 0 Å². The highest BCUT2D eigenvalue weighted by atomic mass is 31.1. The molecular weight excluding hydrogens is 183 g/mol. The van der Waals surface area contributed by atoms with Crippen molar-refractivity contribution in [2.24, 2.45) is 0 Å². The molecule has 0 saturated carbocycles. The van der Waals surface area contributed by atoms with Gasteiger partial charge in [-0.05, 0) is 26.4 Å². The maximum atomic E-state index is 5.34. The van der Waals surface area contributed by atoms with Crippen molar-refractivity contribution in [1.29, 1.82) is 0 Å². The Morgan fingerprint density at radius 3 is 3.15 bits per heavy atom. The van der Waals surface area contributed by atoms with E-state index in [-0.39, 0.29) is 0 Å². The largest absolute Gasteiger partial charge is 0.363 e. The molecule has 4 heteroatoms. The Bertz CT molecular complexity index is 116. The van der Waals surface area contributed by atoms with Gasteiger partial charge in [0.25, 0.3) is 0 Å². The maximum Gasteiger partial charge on any atom is 0.0477 e. The van der Waals surface area contributed by atoms with Gasteiger partial charge in [0.05, 0.1) is 0 Å². The van der Waals surface area contributed by atoms with Crippen molar-refractivity contribution in [3.8, 4) is 0 Å². The molecule has 1 fully saturated rings. The number of nitrogens with one attached hydrogen (secondary N) is 1. The van der Waals surface area contributed by atoms with Crippen LogP contribution in [-0.4, -0.2) is 50.4 Å². The Balaban J connectivity index is 1.98. The average Bonchev–Trinajstić information content (AvgIpc) is 2.41. The highest BCUT2D eigenvalue weighted by molar-refractivity contribution is 7.32. The molecular formula is C9H21N2OP. The van der Waals surface area contributed by atoms with Gasteiger partial charge in [0.2, 0.25) is 0 Å². The van der Waals surface area contributed by atoms with E-state index in [1.807, 2.05) is 0 Å². The van der Waals surface area contributed by atoms with Gasteiger partial charge in [0.15, 0.2) is 0 Å². The first-order valence-corrected chi connectivity index (χ1v) is 6.32. The zero-order valence-electron chi connectivity index (χ0n) is 8.51. The molecule has 0 amide bonds. The topological polar surface area (TPSA) is 24.5 Å². The van der Waals surface area contributed by atoms with E-state index in [4.69, 9.17) is 4.52 Å². The molecule has 1 unspecified atom stereocenters. The van der Waals surface area contributed by atoms with Crippen LogP contribution in [0.5, 0.6) is 0 Å². The zero-order valence-corrected chi connectivity index (χ0v) is 9.51. The van der Waals surface area contributed by atoms with Crippen LogP contribution in [0.2, 0.25) is 0 Å². The third kappa shape index (κ3) is 5.58. The summed E-state index contributed by atoms with van der Waals surface area (Å²) in [6.45, 7) is 8.92. The second-order valence-corrected chi connectivity index (χ2v) is 4.35. The van der Waals surface area contributed by atoms with E-state index in [1.54, 1.807) is 0 Å². The minimum Gasteiger partial charge on any atom is -0.363 e. The van der Waals surface area contributed by atoms with Crippen LogP contribution in [0.15, 0.2) is 0 Å². The van der Waals surface area contributed by atoms with E-state index in [0.29, 0.717) is 8.81 Å². The average molecular weight is 204 g/mol. The summed E-state index contributed by atoms with van der Waals surface area (Å²) in [5.74, 6) is 0. The predicted molar refractivity (Wildman–Crippen MR) is 58.7 cm³/mol. The quantitative estimate of drug-likeness (QED) is 0.532. The summed E-state index contributed by atoms with van der Waals surface area (Å²) >= 11 is 0. The molecule has 0 aromatic carbocycles. The summed E-state index contributed by atoms with van der Waals surface area (Å²) < 4.78 is 5.34. The number of nitrogens with zero attached hydrogens (tertiary/aromatic N) is 1. The fourth-order valence-corrected chi connectivity index (χ4v) is 2.26. The van der Waals surface area contributed by atoms with Gasteiger partial charge >= 0.3 is 0 Å². The van der Waals surface area contributed by atoms with Crippen LogP contribution < -0.4 is 5.32 Å². The smallest absolute Gasteiger partial charge is 0.0477 e. The van der Waals surface area contributed by atoms with Crippen LogP contribution in [0.3, 0.4) is 0 Å². The minimum absolute atomic E-state index is 0.692. The van der Waals surface area contributed by atoms with Gasteiger partial charge in [-0.2, -0.15) is 0 Å². The lowest BCUT2D eigenvalue weighted by Crippen LogP contribution is -2.29. The highest BCUT2D eigenvalue weighted by Crippen LogP contribution is 2.11. The first kappa shape index (κ1) is 11.4. The van der Waals surface area contributed by atoms with Crippen LogP contribution in [0.25, 0.3) is 0 Å². The second-order valence-electron chi connectivity index (χ2n) is 3.27. The summed E-state index contributed by atoms with van der Waals surface area (Å²) in [7, 11) is 0.692. The van der Waals surface area contributed by atoms with Crippen LogP contribution in [0, 0.1) is 0 Å². The molecule has 3 nitrogen and oxygen atoms in total. The number of rotatable bonds is 5. The van der Waals surface area contributed by atoms with Crippen LogP contribution in [-0.2, 0) is 4.52 Å². The lowest BCUT2D eigenvalue weighted by Gasteiger charge is -2.18. The Kier molecular flexibility index (Phi) is 6.73. The van der Waals surface area contributed by atoms with E-state index in [2.05, 4.69) is 17.1 Å². The summed E-state index contributed by atoms with van der Waals surface area (Å²) in [5.41, 5.74) is 0. The maximum absolute atomic E-state index is 5.34. The van der Waals surface area contributed by atoms with E-state index in [9.17, 15) is 0 Å². The SMILES string of the molecule is CCOPCCN1CCCNCC1. The van der Waals surface area contributed by atoms with Gasteiger partial charge < -0.3 is 14.7 Å². The molecule has 1 aliphatic heterocycles. The molecule has 1 heterocycles. The predicted octanol–water partition coefficient (Wildman–Crippen LogP) is 0.912. The molecule has 1 rings (SSSR count). The Hall–Kier alpha value is 0.310. The molecule has 1 N–H and O–H groups in total. The molecule has 0 aromatic heterocycles. The van der Waals surface area contributed by atoms with Crippen LogP contribution in [0.4, 0.5) is 0 Å². The molecule has 0 aromatic rings. The zero-order chi connectivity index (χ0) is 9.36. The fourth-order valence-electron chi connectivity index (χ4n) is 1.50. The standard InChI is InChI=1S/C9H21N2OP/c1-2-12-13-9-8-11-6-3-4-10-5-7-11/h10,13H,2-9H2,1H3. The van der Waals surface area contributed by atoms with Crippen molar-refractivity contribution in [1.82, 2.24) is 10.2 Å². The van der Waals surface area contributed by atoms with Crippen molar-refractivity contribution in [3.63, 3.8) is 0 Å². The molecule has 78 valence electrons. The third-order valence-electron chi connectivity index (χ3n) is 2.21. The van der Waals surface area contributed by atoms with Crippen LogP contribution >= 0.6 is 8.81 Å². The van der Waals surface area contributed by atoms with Gasteiger partial charge in [0.1, 0.15) is 0 Å². The van der Waals surface area contributed by atoms with Crippen molar-refractivity contribution in [2.45, 2.75) is 13.3 Å². The van der Waals surface area contributed by atoms with Crippen molar-refractivity contribution < 1.29 is 4.52 Å². The minimum atomic E-state index is 0.692. The summed E-state index contributed by atoms with van der Waals surface area (Å²) in [4.78, 5) is 2.53. The van der Waals surface area contributed by atoms with Crippen LogP contribution in [0.1, 0.15) is 13.3 Å². The first-order valence-electron chi connectivity index (χ1n) is 5.21. The second kappa shape index (κ2) is 7.69. The molecule has 1 atom stereocenters. The normalized spacial score (nSPS) is 21.0. The van der Waals surface area contributed by atoms with Gasteiger partial charge in [-0.25, -0.2) is 0 Å². The van der Waals surface area contributed by atoms with Crippen molar-refractivity contribution >= 4 is 8.81 Å². The molecule has 0 spiro atoms. The van der Waals surface area contributed by atoms with E-state index >= 15 is 0 Å². The lowest BCUT2D eigenvalue weighted by molar-refractivity contribution is 0.306. The summed E-state index contributed by atoms with van der Waals surface area (Å²) in [6, 6.07) is 0. The number of hydrogen-bond donors (Lipinski definition) is 1. The van der Waals surface area contributed by atoms with Crippen molar-refractivity contribution in [3.05, 3.63) is 0 Å². The third-order valence-corrected chi connectivity index (χ3v) is 3.13. The van der Waals surface area contributed by atoms with E-state index in [1.165, 1.54) is 38.8 Å². The molecule has 13 heavy (non-hydrogen) atoms. The molecule has 0 radical (unpaired) electrons. The number of hydrogen-bond acceptors (Lipinski definition) is 3. The Morgan fingerprint density at radius 2 is 2.31 bits per heavy atom. The lowest BCUT2D eigenvalue weighted by atomic mass is 10.4. The van der Waals surface area contributed by atoms with E-state index in [0.717, 1.165) is 13.2 Å². The molecule has 1 saturated heterocycles. The van der Waals surface area contributed by atoms with Crippen molar-refractivity contribution in [2.75, 3.05) is 45.5 Å². The highest BCUT2D eigenvalue weighted by Gasteiger charge is 2.06. The van der Waals surface area contributed by atoms with Gasteiger partial charge in [-0.3, -0.25) is 0 Å². The Labute approximate surface area is 83.1 Å². The Morgan fingerprint density at radius 1 is 1.38 bits per heavy atom. The first-order chi connectivity index (χ1) is 6.43. The van der Waals surface area contributed by atoms with Gasteiger partial charge in [0, 0.05) is 41.2 Å². The fraction of sp³-hybridized carbons (Fsp3) is 1.00. The van der Waals surface area contributed by atoms with Gasteiger partial charge in [-0.1, -0.05) is 0 Å². The summed E-state index contributed by atoms with van der Waals surface area (Å²) in [5, 5.41) is 3.41. The molecule has 0 aliphatic carbocycles. The molecule has 0 bridgehead atoms. The monoisotopic (exact) mass is 204 g/mol. The summed E-state index contributed by atoms with van der Waals surface area (Å²) in [6.07, 6.45) is 2.49. The molecule has 1 aliphatic rings.